The lowest BCUT2D eigenvalue weighted by Gasteiger charge is -2.17. The maximum absolute atomic E-state index is 12.2. The molecule has 1 aromatic carbocycles. The lowest BCUT2D eigenvalue weighted by molar-refractivity contribution is 0.0935. The van der Waals surface area contributed by atoms with Gasteiger partial charge in [0.15, 0.2) is 0 Å². The van der Waals surface area contributed by atoms with Gasteiger partial charge < -0.3 is 5.32 Å². The van der Waals surface area contributed by atoms with E-state index in [4.69, 9.17) is 0 Å². The highest BCUT2D eigenvalue weighted by atomic mass is 79.9. The second-order valence-electron chi connectivity index (χ2n) is 4.21. The largest absolute Gasteiger partial charge is 0.345 e. The van der Waals surface area contributed by atoms with Crippen LogP contribution in [0, 0.1) is 0 Å². The van der Waals surface area contributed by atoms with Gasteiger partial charge in [0, 0.05) is 11.8 Å². The number of amides is 1. The summed E-state index contributed by atoms with van der Waals surface area (Å²) in [5.74, 6) is -0.0844. The Kier molecular flexibility index (Phi) is 4.68. The first kappa shape index (κ1) is 13.7. The van der Waals surface area contributed by atoms with Crippen LogP contribution >= 0.6 is 15.9 Å². The van der Waals surface area contributed by atoms with Crippen molar-refractivity contribution < 1.29 is 4.79 Å². The summed E-state index contributed by atoms with van der Waals surface area (Å²) in [7, 11) is 0. The van der Waals surface area contributed by atoms with Gasteiger partial charge in [0.25, 0.3) is 5.91 Å². The maximum Gasteiger partial charge on any atom is 0.251 e. The molecule has 2 rings (SSSR count). The molecular weight excluding hydrogens is 304 g/mol. The van der Waals surface area contributed by atoms with E-state index in [1.165, 1.54) is 0 Å². The lowest BCUT2D eigenvalue weighted by atomic mass is 10.0. The molecule has 1 heterocycles. The Hall–Kier alpha value is -1.68. The van der Waals surface area contributed by atoms with Crippen LogP contribution in [0.1, 0.15) is 35.3 Å². The number of rotatable bonds is 4. The zero-order chi connectivity index (χ0) is 13.7. The molecule has 3 nitrogen and oxygen atoms in total. The van der Waals surface area contributed by atoms with Crippen molar-refractivity contribution in [3.63, 3.8) is 0 Å². The first-order chi connectivity index (χ1) is 9.20. The molecule has 19 heavy (non-hydrogen) atoms. The number of pyridine rings is 1. The molecule has 0 radical (unpaired) electrons. The molecule has 0 bridgehead atoms. The SMILES string of the molecule is CCC(NC(=O)c1ccnc(Br)c1)c1ccccc1. The summed E-state index contributed by atoms with van der Waals surface area (Å²) >= 11 is 3.27. The molecule has 98 valence electrons. The number of nitrogens with zero attached hydrogens (tertiary/aromatic N) is 1. The lowest BCUT2D eigenvalue weighted by Crippen LogP contribution is -2.28. The van der Waals surface area contributed by atoms with Gasteiger partial charge in [0.2, 0.25) is 0 Å². The monoisotopic (exact) mass is 318 g/mol. The summed E-state index contributed by atoms with van der Waals surface area (Å²) in [5, 5.41) is 3.04. The molecule has 0 aliphatic carbocycles. The Bertz CT molecular complexity index is 557. The van der Waals surface area contributed by atoms with Crippen LogP contribution in [-0.4, -0.2) is 10.9 Å². The van der Waals surface area contributed by atoms with Crippen LogP contribution in [0.5, 0.6) is 0 Å². The Labute approximate surface area is 121 Å². The number of nitrogens with one attached hydrogen (secondary N) is 1. The van der Waals surface area contributed by atoms with Crippen LogP contribution in [-0.2, 0) is 0 Å². The number of carbonyl (C=O) groups excluding carboxylic acids is 1. The van der Waals surface area contributed by atoms with Gasteiger partial charge in [-0.15, -0.1) is 0 Å². The number of aromatic nitrogens is 1. The van der Waals surface area contributed by atoms with Gasteiger partial charge in [0.05, 0.1) is 6.04 Å². The number of carbonyl (C=O) groups is 1. The van der Waals surface area contributed by atoms with Crippen molar-refractivity contribution >= 4 is 21.8 Å². The number of benzene rings is 1. The summed E-state index contributed by atoms with van der Waals surface area (Å²) in [6.07, 6.45) is 2.46. The Balaban J connectivity index is 2.13. The molecule has 1 aromatic heterocycles. The van der Waals surface area contributed by atoms with Crippen LogP contribution in [0.4, 0.5) is 0 Å². The normalized spacial score (nSPS) is 11.9. The van der Waals surface area contributed by atoms with E-state index in [-0.39, 0.29) is 11.9 Å². The molecule has 1 unspecified atom stereocenters. The smallest absolute Gasteiger partial charge is 0.251 e. The van der Waals surface area contributed by atoms with Gasteiger partial charge in [-0.05, 0) is 40.0 Å². The van der Waals surface area contributed by atoms with E-state index >= 15 is 0 Å². The van der Waals surface area contributed by atoms with E-state index in [9.17, 15) is 4.79 Å². The number of halogens is 1. The van der Waals surface area contributed by atoms with Crippen LogP contribution in [0.25, 0.3) is 0 Å². The van der Waals surface area contributed by atoms with E-state index < -0.39 is 0 Å². The second-order valence-corrected chi connectivity index (χ2v) is 5.02. The number of hydrogen-bond donors (Lipinski definition) is 1. The average Bonchev–Trinajstić information content (AvgIpc) is 2.45. The van der Waals surface area contributed by atoms with Crippen molar-refractivity contribution in [2.24, 2.45) is 0 Å². The van der Waals surface area contributed by atoms with Gasteiger partial charge >= 0.3 is 0 Å². The molecule has 0 saturated heterocycles. The van der Waals surface area contributed by atoms with Gasteiger partial charge in [-0.2, -0.15) is 0 Å². The predicted molar refractivity (Wildman–Crippen MR) is 78.9 cm³/mol. The molecule has 1 N–H and O–H groups in total. The van der Waals surface area contributed by atoms with Crippen LogP contribution < -0.4 is 5.32 Å². The summed E-state index contributed by atoms with van der Waals surface area (Å²) in [6, 6.07) is 13.4. The molecule has 1 atom stereocenters. The van der Waals surface area contributed by atoms with E-state index in [2.05, 4.69) is 33.2 Å². The first-order valence-electron chi connectivity index (χ1n) is 6.18. The fourth-order valence-electron chi connectivity index (χ4n) is 1.89. The van der Waals surface area contributed by atoms with Crippen molar-refractivity contribution in [3.05, 3.63) is 64.4 Å². The third-order valence-corrected chi connectivity index (χ3v) is 3.34. The minimum atomic E-state index is -0.0844. The Morgan fingerprint density at radius 1 is 1.32 bits per heavy atom. The first-order valence-corrected chi connectivity index (χ1v) is 6.97. The van der Waals surface area contributed by atoms with E-state index in [0.29, 0.717) is 10.2 Å². The molecule has 1 amide bonds. The summed E-state index contributed by atoms with van der Waals surface area (Å²) in [6.45, 7) is 2.06. The highest BCUT2D eigenvalue weighted by Gasteiger charge is 2.13. The molecule has 0 fully saturated rings. The van der Waals surface area contributed by atoms with E-state index in [1.54, 1.807) is 18.3 Å². The third-order valence-electron chi connectivity index (χ3n) is 2.90. The van der Waals surface area contributed by atoms with Crippen LogP contribution in [0.15, 0.2) is 53.3 Å². The van der Waals surface area contributed by atoms with Gasteiger partial charge in [0.1, 0.15) is 4.60 Å². The highest BCUT2D eigenvalue weighted by Crippen LogP contribution is 2.17. The predicted octanol–water partition coefficient (Wildman–Crippen LogP) is 3.73. The fourth-order valence-corrected chi connectivity index (χ4v) is 2.26. The van der Waals surface area contributed by atoms with Crippen molar-refractivity contribution in [1.29, 1.82) is 0 Å². The Morgan fingerprint density at radius 2 is 2.05 bits per heavy atom. The second kappa shape index (κ2) is 6.48. The quantitative estimate of drug-likeness (QED) is 0.873. The van der Waals surface area contributed by atoms with E-state index in [1.807, 2.05) is 30.3 Å². The molecule has 0 aliphatic heterocycles. The van der Waals surface area contributed by atoms with Gasteiger partial charge in [-0.25, -0.2) is 4.98 Å². The standard InChI is InChI=1S/C15H15BrN2O/c1-2-13(11-6-4-3-5-7-11)18-15(19)12-8-9-17-14(16)10-12/h3-10,13H,2H2,1H3,(H,18,19). The van der Waals surface area contributed by atoms with Gasteiger partial charge in [-0.3, -0.25) is 4.79 Å². The van der Waals surface area contributed by atoms with E-state index in [0.717, 1.165) is 12.0 Å². The van der Waals surface area contributed by atoms with Crippen molar-refractivity contribution in [1.82, 2.24) is 10.3 Å². The van der Waals surface area contributed by atoms with Crippen LogP contribution in [0.2, 0.25) is 0 Å². The minimum Gasteiger partial charge on any atom is -0.345 e. The van der Waals surface area contributed by atoms with Crippen LogP contribution in [0.3, 0.4) is 0 Å². The molecule has 0 spiro atoms. The number of hydrogen-bond acceptors (Lipinski definition) is 2. The molecular formula is C15H15BrN2O. The molecule has 4 heteroatoms. The summed E-state index contributed by atoms with van der Waals surface area (Å²) in [4.78, 5) is 16.2. The zero-order valence-corrected chi connectivity index (χ0v) is 12.2. The highest BCUT2D eigenvalue weighted by molar-refractivity contribution is 9.10. The molecule has 2 aromatic rings. The van der Waals surface area contributed by atoms with Crippen molar-refractivity contribution in [3.8, 4) is 0 Å². The molecule has 0 saturated carbocycles. The zero-order valence-electron chi connectivity index (χ0n) is 10.6. The van der Waals surface area contributed by atoms with Crippen molar-refractivity contribution in [2.45, 2.75) is 19.4 Å². The topological polar surface area (TPSA) is 42.0 Å². The minimum absolute atomic E-state index is 0.0284. The summed E-state index contributed by atoms with van der Waals surface area (Å²) in [5.41, 5.74) is 1.72. The Morgan fingerprint density at radius 3 is 2.68 bits per heavy atom. The maximum atomic E-state index is 12.2. The summed E-state index contributed by atoms with van der Waals surface area (Å²) < 4.78 is 0.660. The fraction of sp³-hybridized carbons (Fsp3) is 0.200. The average molecular weight is 319 g/mol. The van der Waals surface area contributed by atoms with Gasteiger partial charge in [-0.1, -0.05) is 37.3 Å². The van der Waals surface area contributed by atoms with Crippen molar-refractivity contribution in [2.75, 3.05) is 0 Å². The third kappa shape index (κ3) is 3.64. The molecule has 0 aliphatic rings.